The van der Waals surface area contributed by atoms with Crippen molar-refractivity contribution in [2.24, 2.45) is 0 Å². The maximum Gasteiger partial charge on any atom is 0.419 e. The Bertz CT molecular complexity index is 900. The van der Waals surface area contributed by atoms with E-state index in [2.05, 4.69) is 20.5 Å². The number of nitrogens with zero attached hydrogens (tertiary/aromatic N) is 2. The Hall–Kier alpha value is -2.61. The second-order valence-corrected chi connectivity index (χ2v) is 5.69. The molecule has 0 atom stereocenters. The zero-order valence-electron chi connectivity index (χ0n) is 12.7. The summed E-state index contributed by atoms with van der Waals surface area (Å²) < 4.78 is 51.6. The van der Waals surface area contributed by atoms with Crippen LogP contribution in [-0.4, -0.2) is 15.2 Å². The smallest absolute Gasteiger partial charge is 0.339 e. The lowest BCUT2D eigenvalue weighted by Gasteiger charge is -2.10. The molecule has 0 unspecified atom stereocenters. The van der Waals surface area contributed by atoms with Crippen molar-refractivity contribution in [2.75, 3.05) is 5.32 Å². The summed E-state index contributed by atoms with van der Waals surface area (Å²) in [5.74, 6) is -1.05. The number of halogens is 5. The van der Waals surface area contributed by atoms with E-state index in [1.54, 1.807) is 25.1 Å². The first-order valence-electron chi connectivity index (χ1n) is 7.06. The average Bonchev–Trinajstić information content (AvgIpc) is 2.96. The van der Waals surface area contributed by atoms with Gasteiger partial charge in [-0.05, 0) is 37.3 Å². The summed E-state index contributed by atoms with van der Waals surface area (Å²) in [4.78, 5) is 4.05. The Kier molecular flexibility index (Phi) is 4.38. The highest BCUT2D eigenvalue weighted by atomic mass is 35.5. The molecule has 0 saturated carbocycles. The first kappa shape index (κ1) is 17.2. The highest BCUT2D eigenvalue weighted by Crippen LogP contribution is 2.33. The van der Waals surface area contributed by atoms with Gasteiger partial charge >= 0.3 is 6.18 Å². The molecule has 9 heteroatoms. The van der Waals surface area contributed by atoms with Crippen LogP contribution in [0.1, 0.15) is 11.3 Å². The fraction of sp³-hybridized carbons (Fsp3) is 0.125. The fourth-order valence-electron chi connectivity index (χ4n) is 2.29. The molecule has 2 N–H and O–H groups in total. The van der Waals surface area contributed by atoms with Crippen molar-refractivity contribution in [1.82, 2.24) is 15.2 Å². The van der Waals surface area contributed by atoms with Crippen LogP contribution < -0.4 is 5.32 Å². The fourth-order valence-corrected chi connectivity index (χ4v) is 2.54. The maximum atomic E-state index is 13.3. The lowest BCUT2D eigenvalue weighted by atomic mass is 10.1. The second kappa shape index (κ2) is 6.36. The van der Waals surface area contributed by atoms with Gasteiger partial charge < -0.3 is 5.32 Å². The molecule has 4 nitrogen and oxygen atoms in total. The van der Waals surface area contributed by atoms with Gasteiger partial charge in [-0.1, -0.05) is 11.6 Å². The van der Waals surface area contributed by atoms with Crippen molar-refractivity contribution in [2.45, 2.75) is 13.1 Å². The van der Waals surface area contributed by atoms with Crippen LogP contribution in [0.3, 0.4) is 0 Å². The zero-order chi connectivity index (χ0) is 18.2. The highest BCUT2D eigenvalue weighted by Gasteiger charge is 2.34. The second-order valence-electron chi connectivity index (χ2n) is 5.30. The van der Waals surface area contributed by atoms with Crippen molar-refractivity contribution >= 4 is 23.1 Å². The number of rotatable bonds is 3. The molecule has 0 aliphatic carbocycles. The van der Waals surface area contributed by atoms with Crippen molar-refractivity contribution in [3.05, 3.63) is 58.6 Å². The summed E-state index contributed by atoms with van der Waals surface area (Å²) in [6, 6.07) is 7.66. The average molecular weight is 371 g/mol. The molecule has 0 aliphatic heterocycles. The summed E-state index contributed by atoms with van der Waals surface area (Å²) in [5, 5.41) is 9.76. The number of hydrogen-bond acceptors (Lipinski definition) is 3. The molecular formula is C16H11ClF4N4. The van der Waals surface area contributed by atoms with Crippen LogP contribution >= 0.6 is 11.6 Å². The Morgan fingerprint density at radius 2 is 1.88 bits per heavy atom. The van der Waals surface area contributed by atoms with Crippen LogP contribution in [0.4, 0.5) is 29.1 Å². The molecule has 1 aromatic carbocycles. The minimum absolute atomic E-state index is 0.0655. The number of aromatic amines is 1. The molecule has 25 heavy (non-hydrogen) atoms. The van der Waals surface area contributed by atoms with Gasteiger partial charge in [0.05, 0.1) is 11.3 Å². The molecule has 2 heterocycles. The molecule has 0 radical (unpaired) electrons. The third-order valence-corrected chi connectivity index (χ3v) is 3.55. The van der Waals surface area contributed by atoms with Gasteiger partial charge in [0, 0.05) is 23.0 Å². The number of pyridine rings is 1. The topological polar surface area (TPSA) is 53.6 Å². The largest absolute Gasteiger partial charge is 0.419 e. The SMILES string of the molecule is Cc1cc(-c2cc(Nc3ccc(F)c(C(F)(F)F)c3)n[nH]2)cc(Cl)n1. The molecular weight excluding hydrogens is 360 g/mol. The van der Waals surface area contributed by atoms with Gasteiger partial charge in [0.2, 0.25) is 0 Å². The Morgan fingerprint density at radius 3 is 2.56 bits per heavy atom. The minimum atomic E-state index is -4.77. The number of benzene rings is 1. The van der Waals surface area contributed by atoms with Gasteiger partial charge in [-0.25, -0.2) is 9.37 Å². The van der Waals surface area contributed by atoms with E-state index in [0.717, 1.165) is 11.6 Å². The van der Waals surface area contributed by atoms with Crippen LogP contribution in [0.2, 0.25) is 5.15 Å². The van der Waals surface area contributed by atoms with E-state index in [9.17, 15) is 17.6 Å². The summed E-state index contributed by atoms with van der Waals surface area (Å²) in [6.45, 7) is 1.78. The summed E-state index contributed by atoms with van der Waals surface area (Å²) in [5.41, 5.74) is 0.765. The molecule has 0 spiro atoms. The zero-order valence-corrected chi connectivity index (χ0v) is 13.5. The van der Waals surface area contributed by atoms with Gasteiger partial charge in [-0.3, -0.25) is 5.10 Å². The minimum Gasteiger partial charge on any atom is -0.339 e. The van der Waals surface area contributed by atoms with Gasteiger partial charge in [-0.15, -0.1) is 0 Å². The van der Waals surface area contributed by atoms with Crippen molar-refractivity contribution in [1.29, 1.82) is 0 Å². The number of H-pyrrole nitrogens is 1. The lowest BCUT2D eigenvalue weighted by molar-refractivity contribution is -0.139. The molecule has 0 bridgehead atoms. The molecule has 0 saturated heterocycles. The third kappa shape index (κ3) is 3.90. The van der Waals surface area contributed by atoms with Gasteiger partial charge in [0.1, 0.15) is 11.0 Å². The van der Waals surface area contributed by atoms with Crippen LogP contribution in [0.25, 0.3) is 11.3 Å². The Labute approximate surface area is 144 Å². The van der Waals surface area contributed by atoms with Gasteiger partial charge in [0.25, 0.3) is 0 Å². The van der Waals surface area contributed by atoms with E-state index in [0.29, 0.717) is 22.6 Å². The number of aromatic nitrogens is 3. The van der Waals surface area contributed by atoms with E-state index in [1.165, 1.54) is 6.07 Å². The Morgan fingerprint density at radius 1 is 1.12 bits per heavy atom. The lowest BCUT2D eigenvalue weighted by Crippen LogP contribution is -2.08. The molecule has 3 rings (SSSR count). The predicted octanol–water partition coefficient (Wildman–Crippen LogP) is 5.34. The monoisotopic (exact) mass is 370 g/mol. The molecule has 2 aromatic heterocycles. The Balaban J connectivity index is 1.87. The standard InChI is InChI=1S/C16H11ClF4N4/c1-8-4-9(5-14(17)22-8)13-7-15(25-24-13)23-10-2-3-12(18)11(6-10)16(19,20)21/h2-7H,1H3,(H2,23,24,25). The predicted molar refractivity (Wildman–Crippen MR) is 86.3 cm³/mol. The summed E-state index contributed by atoms with van der Waals surface area (Å²) >= 11 is 5.91. The summed E-state index contributed by atoms with van der Waals surface area (Å²) in [6.07, 6.45) is -4.77. The van der Waals surface area contributed by atoms with Crippen molar-refractivity contribution < 1.29 is 17.6 Å². The first-order valence-corrected chi connectivity index (χ1v) is 7.44. The quantitative estimate of drug-likeness (QED) is 0.483. The normalized spacial score (nSPS) is 11.6. The van der Waals surface area contributed by atoms with Gasteiger partial charge in [-0.2, -0.15) is 18.3 Å². The number of anilines is 2. The van der Waals surface area contributed by atoms with Crippen LogP contribution in [0.15, 0.2) is 36.4 Å². The van der Waals surface area contributed by atoms with E-state index < -0.39 is 17.6 Å². The van der Waals surface area contributed by atoms with E-state index in [4.69, 9.17) is 11.6 Å². The number of nitrogens with one attached hydrogen (secondary N) is 2. The maximum absolute atomic E-state index is 13.3. The van der Waals surface area contributed by atoms with E-state index in [-0.39, 0.29) is 11.5 Å². The van der Waals surface area contributed by atoms with Crippen LogP contribution in [0.5, 0.6) is 0 Å². The third-order valence-electron chi connectivity index (χ3n) is 3.36. The molecule has 0 amide bonds. The van der Waals surface area contributed by atoms with Crippen molar-refractivity contribution in [3.63, 3.8) is 0 Å². The first-order chi connectivity index (χ1) is 11.7. The molecule has 130 valence electrons. The van der Waals surface area contributed by atoms with E-state index >= 15 is 0 Å². The number of aryl methyl sites for hydroxylation is 1. The van der Waals surface area contributed by atoms with E-state index in [1.807, 2.05) is 0 Å². The van der Waals surface area contributed by atoms with Crippen molar-refractivity contribution in [3.8, 4) is 11.3 Å². The van der Waals surface area contributed by atoms with Gasteiger partial charge in [0.15, 0.2) is 5.82 Å². The number of hydrogen-bond donors (Lipinski definition) is 2. The van der Waals surface area contributed by atoms with Crippen LogP contribution in [0, 0.1) is 12.7 Å². The number of alkyl halides is 3. The molecule has 0 aliphatic rings. The molecule has 0 fully saturated rings. The molecule has 3 aromatic rings. The summed E-state index contributed by atoms with van der Waals surface area (Å²) in [7, 11) is 0. The highest BCUT2D eigenvalue weighted by molar-refractivity contribution is 6.29. The van der Waals surface area contributed by atoms with Crippen LogP contribution in [-0.2, 0) is 6.18 Å².